The third-order valence-electron chi connectivity index (χ3n) is 1.50. The van der Waals surface area contributed by atoms with Crippen LogP contribution in [0.2, 0.25) is 0 Å². The zero-order chi connectivity index (χ0) is 8.10. The Morgan fingerprint density at radius 3 is 2.55 bits per heavy atom. The molecular formula is C10H10O. The van der Waals surface area contributed by atoms with Gasteiger partial charge in [0.1, 0.15) is 0 Å². The lowest BCUT2D eigenvalue weighted by Crippen LogP contribution is -1.94. The molecular weight excluding hydrogens is 136 g/mol. The first-order chi connectivity index (χ1) is 5.34. The van der Waals surface area contributed by atoms with Crippen molar-refractivity contribution in [2.45, 2.75) is 12.5 Å². The number of hydrogen-bond donors (Lipinski definition) is 1. The number of hydrogen-bond acceptors (Lipinski definition) is 1. The molecule has 1 aromatic carbocycles. The zero-order valence-corrected chi connectivity index (χ0v) is 6.20. The van der Waals surface area contributed by atoms with Crippen LogP contribution in [0.4, 0.5) is 0 Å². The van der Waals surface area contributed by atoms with Crippen molar-refractivity contribution in [2.24, 2.45) is 0 Å². The van der Waals surface area contributed by atoms with E-state index in [0.717, 1.165) is 5.56 Å². The first kappa shape index (κ1) is 7.84. The van der Waals surface area contributed by atoms with Crippen molar-refractivity contribution in [3.63, 3.8) is 0 Å². The Bertz CT molecular complexity index is 245. The van der Waals surface area contributed by atoms with E-state index in [2.05, 4.69) is 5.92 Å². The molecule has 0 fully saturated rings. The van der Waals surface area contributed by atoms with Crippen molar-refractivity contribution in [1.29, 1.82) is 0 Å². The summed E-state index contributed by atoms with van der Waals surface area (Å²) in [4.78, 5) is 0. The number of rotatable bonds is 2. The van der Waals surface area contributed by atoms with Crippen molar-refractivity contribution in [2.75, 3.05) is 0 Å². The molecule has 1 rings (SSSR count). The first-order valence-electron chi connectivity index (χ1n) is 3.51. The van der Waals surface area contributed by atoms with E-state index in [0.29, 0.717) is 6.42 Å². The maximum Gasteiger partial charge on any atom is 0.0899 e. The molecule has 0 bridgehead atoms. The molecule has 0 radical (unpaired) electrons. The van der Waals surface area contributed by atoms with Crippen LogP contribution in [0.3, 0.4) is 0 Å². The van der Waals surface area contributed by atoms with Gasteiger partial charge >= 0.3 is 0 Å². The number of benzene rings is 1. The molecule has 56 valence electrons. The van der Waals surface area contributed by atoms with Crippen LogP contribution >= 0.6 is 0 Å². The average Bonchev–Trinajstić information content (AvgIpc) is 2.07. The van der Waals surface area contributed by atoms with Gasteiger partial charge in [-0.15, -0.1) is 12.3 Å². The summed E-state index contributed by atoms with van der Waals surface area (Å²) in [5.74, 6) is 2.42. The van der Waals surface area contributed by atoms with E-state index in [4.69, 9.17) is 6.42 Å². The molecule has 0 amide bonds. The Labute approximate surface area is 66.7 Å². The van der Waals surface area contributed by atoms with Gasteiger partial charge in [-0.2, -0.15) is 0 Å². The fourth-order valence-corrected chi connectivity index (χ4v) is 0.905. The lowest BCUT2D eigenvalue weighted by Gasteiger charge is -2.05. The fraction of sp³-hybridized carbons (Fsp3) is 0.200. The highest BCUT2D eigenvalue weighted by Crippen LogP contribution is 2.14. The Hall–Kier alpha value is -1.26. The summed E-state index contributed by atoms with van der Waals surface area (Å²) in [5.41, 5.74) is 0.880. The van der Waals surface area contributed by atoms with E-state index < -0.39 is 6.10 Å². The third kappa shape index (κ3) is 2.10. The largest absolute Gasteiger partial charge is 0.387 e. The highest BCUT2D eigenvalue weighted by Gasteiger charge is 2.02. The van der Waals surface area contributed by atoms with Crippen molar-refractivity contribution in [3.8, 4) is 12.3 Å². The molecule has 0 aliphatic carbocycles. The lowest BCUT2D eigenvalue weighted by atomic mass is 10.1. The van der Waals surface area contributed by atoms with Crippen LogP contribution in [-0.4, -0.2) is 5.11 Å². The SMILES string of the molecule is C#CCC(O)c1ccccc1. The second kappa shape index (κ2) is 3.80. The number of aliphatic hydroxyl groups excluding tert-OH is 1. The maximum absolute atomic E-state index is 9.38. The Kier molecular flexibility index (Phi) is 2.71. The fourth-order valence-electron chi connectivity index (χ4n) is 0.905. The van der Waals surface area contributed by atoms with Crippen LogP contribution in [0.1, 0.15) is 18.1 Å². The molecule has 1 aromatic rings. The molecule has 1 nitrogen and oxygen atoms in total. The molecule has 1 unspecified atom stereocenters. The van der Waals surface area contributed by atoms with Gasteiger partial charge in [-0.05, 0) is 5.56 Å². The van der Waals surface area contributed by atoms with Gasteiger partial charge in [0.05, 0.1) is 6.10 Å². The van der Waals surface area contributed by atoms with Gasteiger partial charge in [-0.3, -0.25) is 0 Å². The van der Waals surface area contributed by atoms with E-state index >= 15 is 0 Å². The minimum atomic E-state index is -0.513. The molecule has 0 saturated carbocycles. The molecule has 0 aliphatic heterocycles. The van der Waals surface area contributed by atoms with Crippen LogP contribution < -0.4 is 0 Å². The Morgan fingerprint density at radius 1 is 1.36 bits per heavy atom. The second-order valence-corrected chi connectivity index (χ2v) is 2.33. The molecule has 1 atom stereocenters. The van der Waals surface area contributed by atoms with Gasteiger partial charge in [0.25, 0.3) is 0 Å². The smallest absolute Gasteiger partial charge is 0.0899 e. The van der Waals surface area contributed by atoms with Gasteiger partial charge in [-0.1, -0.05) is 30.3 Å². The second-order valence-electron chi connectivity index (χ2n) is 2.33. The van der Waals surface area contributed by atoms with Crippen LogP contribution in [0, 0.1) is 12.3 Å². The van der Waals surface area contributed by atoms with Crippen LogP contribution in [0.25, 0.3) is 0 Å². The summed E-state index contributed by atoms with van der Waals surface area (Å²) in [6.07, 6.45) is 4.92. The normalized spacial score (nSPS) is 12.0. The van der Waals surface area contributed by atoms with Crippen LogP contribution in [0.5, 0.6) is 0 Å². The van der Waals surface area contributed by atoms with E-state index in [1.54, 1.807) is 0 Å². The minimum absolute atomic E-state index is 0.379. The van der Waals surface area contributed by atoms with Gasteiger partial charge in [0.2, 0.25) is 0 Å². The Balaban J connectivity index is 2.70. The summed E-state index contributed by atoms with van der Waals surface area (Å²) < 4.78 is 0. The topological polar surface area (TPSA) is 20.2 Å². The van der Waals surface area contributed by atoms with E-state index in [1.807, 2.05) is 30.3 Å². The summed E-state index contributed by atoms with van der Waals surface area (Å²) in [5, 5.41) is 9.38. The number of aliphatic hydroxyl groups is 1. The van der Waals surface area contributed by atoms with Crippen LogP contribution in [-0.2, 0) is 0 Å². The summed E-state index contributed by atoms with van der Waals surface area (Å²) in [6.45, 7) is 0. The van der Waals surface area contributed by atoms with Crippen LogP contribution in [0.15, 0.2) is 30.3 Å². The number of terminal acetylenes is 1. The average molecular weight is 146 g/mol. The lowest BCUT2D eigenvalue weighted by molar-refractivity contribution is 0.184. The minimum Gasteiger partial charge on any atom is -0.387 e. The Morgan fingerprint density at radius 2 is 2.00 bits per heavy atom. The summed E-state index contributed by atoms with van der Waals surface area (Å²) in [6, 6.07) is 9.40. The maximum atomic E-state index is 9.38. The molecule has 11 heavy (non-hydrogen) atoms. The van der Waals surface area contributed by atoms with Gasteiger partial charge in [0, 0.05) is 6.42 Å². The molecule has 1 heteroatoms. The summed E-state index contributed by atoms with van der Waals surface area (Å²) >= 11 is 0. The van der Waals surface area contributed by atoms with Crippen molar-refractivity contribution >= 4 is 0 Å². The predicted molar refractivity (Wildman–Crippen MR) is 44.9 cm³/mol. The molecule has 0 aromatic heterocycles. The molecule has 0 saturated heterocycles. The molecule has 0 heterocycles. The monoisotopic (exact) mass is 146 g/mol. The van der Waals surface area contributed by atoms with Gasteiger partial charge in [-0.25, -0.2) is 0 Å². The predicted octanol–water partition coefficient (Wildman–Crippen LogP) is 1.74. The highest BCUT2D eigenvalue weighted by molar-refractivity contribution is 5.18. The third-order valence-corrected chi connectivity index (χ3v) is 1.50. The molecule has 1 N–H and O–H groups in total. The van der Waals surface area contributed by atoms with Crippen molar-refractivity contribution < 1.29 is 5.11 Å². The summed E-state index contributed by atoms with van der Waals surface area (Å²) in [7, 11) is 0. The van der Waals surface area contributed by atoms with Crippen molar-refractivity contribution in [3.05, 3.63) is 35.9 Å². The highest BCUT2D eigenvalue weighted by atomic mass is 16.3. The zero-order valence-electron chi connectivity index (χ0n) is 6.20. The first-order valence-corrected chi connectivity index (χ1v) is 3.51. The molecule has 0 aliphatic rings. The van der Waals surface area contributed by atoms with E-state index in [9.17, 15) is 5.11 Å². The molecule has 0 spiro atoms. The van der Waals surface area contributed by atoms with E-state index in [-0.39, 0.29) is 0 Å². The van der Waals surface area contributed by atoms with Gasteiger partial charge < -0.3 is 5.11 Å². The van der Waals surface area contributed by atoms with Crippen molar-refractivity contribution in [1.82, 2.24) is 0 Å². The standard InChI is InChI=1S/C10H10O/c1-2-6-10(11)9-7-4-3-5-8-9/h1,3-5,7-8,10-11H,6H2. The van der Waals surface area contributed by atoms with Gasteiger partial charge in [0.15, 0.2) is 0 Å². The quantitative estimate of drug-likeness (QED) is 0.630. The van der Waals surface area contributed by atoms with E-state index in [1.165, 1.54) is 0 Å².